The predicted molar refractivity (Wildman–Crippen MR) is 76.9 cm³/mol. The normalized spacial score (nSPS) is 10.7. The molecule has 1 aromatic carbocycles. The Morgan fingerprint density at radius 3 is 2.67 bits per heavy atom. The third-order valence-electron chi connectivity index (χ3n) is 2.68. The fourth-order valence-electron chi connectivity index (χ4n) is 1.72. The fraction of sp³-hybridized carbons (Fsp3) is 0.500. The summed E-state index contributed by atoms with van der Waals surface area (Å²) in [6, 6.07) is 4.89. The van der Waals surface area contributed by atoms with Crippen LogP contribution in [-0.2, 0) is 0 Å². The molecular weight excluding hydrogens is 248 g/mol. The maximum absolute atomic E-state index is 11.8. The molecule has 0 aliphatic rings. The molecule has 0 radical (unpaired) electrons. The van der Waals surface area contributed by atoms with Gasteiger partial charge in [-0.05, 0) is 30.5 Å². The van der Waals surface area contributed by atoms with Crippen molar-refractivity contribution in [2.75, 3.05) is 12.3 Å². The molecule has 18 heavy (non-hydrogen) atoms. The van der Waals surface area contributed by atoms with E-state index in [-0.39, 0.29) is 5.91 Å². The van der Waals surface area contributed by atoms with Crippen LogP contribution in [0.2, 0.25) is 5.02 Å². The molecule has 0 heterocycles. The van der Waals surface area contributed by atoms with Gasteiger partial charge >= 0.3 is 0 Å². The van der Waals surface area contributed by atoms with Crippen molar-refractivity contribution in [3.05, 3.63) is 28.8 Å². The van der Waals surface area contributed by atoms with E-state index < -0.39 is 0 Å². The van der Waals surface area contributed by atoms with Crippen LogP contribution in [0.15, 0.2) is 18.2 Å². The number of unbranched alkanes of at least 4 members (excludes halogenated alkanes) is 1. The van der Waals surface area contributed by atoms with Crippen molar-refractivity contribution in [3.63, 3.8) is 0 Å². The maximum Gasteiger partial charge on any atom is 0.251 e. The maximum atomic E-state index is 11.8. The van der Waals surface area contributed by atoms with Crippen LogP contribution in [-0.4, -0.2) is 12.5 Å². The number of halogens is 1. The van der Waals surface area contributed by atoms with Crippen LogP contribution in [0, 0.1) is 5.92 Å². The van der Waals surface area contributed by atoms with Crippen LogP contribution in [0.1, 0.15) is 43.5 Å². The average molecular weight is 269 g/mol. The summed E-state index contributed by atoms with van der Waals surface area (Å²) in [5.74, 6) is 0.599. The minimum Gasteiger partial charge on any atom is -0.399 e. The first kappa shape index (κ1) is 14.8. The Morgan fingerprint density at radius 1 is 1.33 bits per heavy atom. The van der Waals surface area contributed by atoms with Gasteiger partial charge in [-0.1, -0.05) is 38.3 Å². The second-order valence-corrected chi connectivity index (χ2v) is 5.36. The molecule has 0 bridgehead atoms. The Labute approximate surface area is 114 Å². The lowest BCUT2D eigenvalue weighted by Gasteiger charge is -2.07. The molecule has 0 unspecified atom stereocenters. The van der Waals surface area contributed by atoms with Crippen molar-refractivity contribution < 1.29 is 4.79 Å². The van der Waals surface area contributed by atoms with Crippen molar-refractivity contribution in [1.29, 1.82) is 0 Å². The van der Waals surface area contributed by atoms with Gasteiger partial charge in [0.1, 0.15) is 0 Å². The molecule has 1 amide bonds. The van der Waals surface area contributed by atoms with Gasteiger partial charge in [0, 0.05) is 22.8 Å². The second-order valence-electron chi connectivity index (χ2n) is 4.92. The zero-order valence-corrected chi connectivity index (χ0v) is 11.8. The number of hydrogen-bond donors (Lipinski definition) is 2. The van der Waals surface area contributed by atoms with E-state index in [4.69, 9.17) is 17.3 Å². The molecule has 0 saturated carbocycles. The first-order chi connectivity index (χ1) is 8.49. The standard InChI is InChI=1S/C14H21ClN2O/c1-10(2)5-3-4-6-17-14(18)11-7-12(15)9-13(16)8-11/h7-10H,3-6,16H2,1-2H3,(H,17,18). The van der Waals surface area contributed by atoms with E-state index in [9.17, 15) is 4.79 Å². The summed E-state index contributed by atoms with van der Waals surface area (Å²) < 4.78 is 0. The third kappa shape index (κ3) is 5.41. The summed E-state index contributed by atoms with van der Waals surface area (Å²) in [5, 5.41) is 3.36. The third-order valence-corrected chi connectivity index (χ3v) is 2.89. The number of rotatable bonds is 6. The first-order valence-corrected chi connectivity index (χ1v) is 6.71. The zero-order valence-electron chi connectivity index (χ0n) is 11.0. The highest BCUT2D eigenvalue weighted by Gasteiger charge is 2.06. The summed E-state index contributed by atoms with van der Waals surface area (Å²) in [5.41, 5.74) is 6.67. The lowest BCUT2D eigenvalue weighted by Crippen LogP contribution is -2.24. The molecule has 4 heteroatoms. The second kappa shape index (κ2) is 7.27. The number of nitrogens with one attached hydrogen (secondary N) is 1. The van der Waals surface area contributed by atoms with Gasteiger partial charge in [-0.3, -0.25) is 4.79 Å². The van der Waals surface area contributed by atoms with E-state index in [2.05, 4.69) is 19.2 Å². The number of carbonyl (C=O) groups is 1. The Hall–Kier alpha value is -1.22. The molecule has 0 aromatic heterocycles. The molecular formula is C14H21ClN2O. The van der Waals surface area contributed by atoms with Crippen LogP contribution in [0.25, 0.3) is 0 Å². The van der Waals surface area contributed by atoms with Gasteiger partial charge < -0.3 is 11.1 Å². The fourth-order valence-corrected chi connectivity index (χ4v) is 1.97. The van der Waals surface area contributed by atoms with E-state index in [0.29, 0.717) is 28.7 Å². The molecule has 1 aromatic rings. The predicted octanol–water partition coefficient (Wildman–Crippen LogP) is 3.48. The summed E-state index contributed by atoms with van der Waals surface area (Å²) in [4.78, 5) is 11.8. The number of carbonyl (C=O) groups excluding carboxylic acids is 1. The minimum atomic E-state index is -0.117. The van der Waals surface area contributed by atoms with Crippen LogP contribution < -0.4 is 11.1 Å². The molecule has 3 nitrogen and oxygen atoms in total. The molecule has 0 saturated heterocycles. The smallest absolute Gasteiger partial charge is 0.251 e. The summed E-state index contributed by atoms with van der Waals surface area (Å²) in [7, 11) is 0. The van der Waals surface area contributed by atoms with E-state index in [1.165, 1.54) is 6.42 Å². The molecule has 100 valence electrons. The lowest BCUT2D eigenvalue weighted by molar-refractivity contribution is 0.0953. The van der Waals surface area contributed by atoms with Crippen LogP contribution in [0.4, 0.5) is 5.69 Å². The minimum absolute atomic E-state index is 0.117. The molecule has 0 atom stereocenters. The highest BCUT2D eigenvalue weighted by Crippen LogP contribution is 2.16. The molecule has 1 rings (SSSR count). The number of amides is 1. The summed E-state index contributed by atoms with van der Waals surface area (Å²) in [6.07, 6.45) is 3.33. The lowest BCUT2D eigenvalue weighted by atomic mass is 10.1. The van der Waals surface area contributed by atoms with Crippen molar-refractivity contribution in [1.82, 2.24) is 5.32 Å². The number of hydrogen-bond acceptors (Lipinski definition) is 2. The average Bonchev–Trinajstić information content (AvgIpc) is 2.26. The van der Waals surface area contributed by atoms with Crippen LogP contribution >= 0.6 is 11.6 Å². The van der Waals surface area contributed by atoms with E-state index in [0.717, 1.165) is 12.8 Å². The van der Waals surface area contributed by atoms with Crippen LogP contribution in [0.5, 0.6) is 0 Å². The Kier molecular flexibility index (Phi) is 5.99. The number of nitrogen functional groups attached to an aromatic ring is 1. The van der Waals surface area contributed by atoms with Crippen molar-refractivity contribution in [3.8, 4) is 0 Å². The van der Waals surface area contributed by atoms with Gasteiger partial charge in [-0.25, -0.2) is 0 Å². The monoisotopic (exact) mass is 268 g/mol. The van der Waals surface area contributed by atoms with E-state index in [1.807, 2.05) is 0 Å². The summed E-state index contributed by atoms with van der Waals surface area (Å²) in [6.45, 7) is 5.10. The highest BCUT2D eigenvalue weighted by molar-refractivity contribution is 6.31. The van der Waals surface area contributed by atoms with Gasteiger partial charge in [-0.15, -0.1) is 0 Å². The Balaban J connectivity index is 2.36. The van der Waals surface area contributed by atoms with Crippen LogP contribution in [0.3, 0.4) is 0 Å². The molecule has 3 N–H and O–H groups in total. The SMILES string of the molecule is CC(C)CCCCNC(=O)c1cc(N)cc(Cl)c1. The van der Waals surface area contributed by atoms with Gasteiger partial charge in [0.05, 0.1) is 0 Å². The molecule has 0 fully saturated rings. The highest BCUT2D eigenvalue weighted by atomic mass is 35.5. The van der Waals surface area contributed by atoms with Crippen molar-refractivity contribution >= 4 is 23.2 Å². The molecule has 0 spiro atoms. The number of nitrogens with two attached hydrogens (primary N) is 1. The van der Waals surface area contributed by atoms with Crippen molar-refractivity contribution in [2.45, 2.75) is 33.1 Å². The number of benzene rings is 1. The quantitative estimate of drug-likeness (QED) is 0.613. The van der Waals surface area contributed by atoms with Gasteiger partial charge in [0.15, 0.2) is 0 Å². The van der Waals surface area contributed by atoms with Crippen molar-refractivity contribution in [2.24, 2.45) is 5.92 Å². The topological polar surface area (TPSA) is 55.1 Å². The van der Waals surface area contributed by atoms with Gasteiger partial charge in [-0.2, -0.15) is 0 Å². The molecule has 0 aliphatic heterocycles. The van der Waals surface area contributed by atoms with E-state index >= 15 is 0 Å². The summed E-state index contributed by atoms with van der Waals surface area (Å²) >= 11 is 5.85. The van der Waals surface area contributed by atoms with Gasteiger partial charge in [0.25, 0.3) is 5.91 Å². The largest absolute Gasteiger partial charge is 0.399 e. The number of anilines is 1. The molecule has 0 aliphatic carbocycles. The first-order valence-electron chi connectivity index (χ1n) is 6.33. The Bertz CT molecular complexity index is 385. The zero-order chi connectivity index (χ0) is 13.5. The Morgan fingerprint density at radius 2 is 2.06 bits per heavy atom. The van der Waals surface area contributed by atoms with Gasteiger partial charge in [0.2, 0.25) is 0 Å². The van der Waals surface area contributed by atoms with E-state index in [1.54, 1.807) is 18.2 Å².